The SMILES string of the molecule is N=CCC(NC(=O)CSc1nc2ccccc2s1)c1ccccc1. The largest absolute Gasteiger partial charge is 0.348 e. The molecule has 0 aliphatic carbocycles. The third-order valence-electron chi connectivity index (χ3n) is 3.49. The Bertz CT molecular complexity index is 799. The molecule has 1 heterocycles. The van der Waals surface area contributed by atoms with Crippen molar-refractivity contribution >= 4 is 45.4 Å². The standard InChI is InChI=1S/C18H17N3OS2/c19-11-10-14(13-6-2-1-3-7-13)20-17(22)12-23-18-21-15-8-4-5-9-16(15)24-18/h1-9,11,14,19H,10,12H2,(H,20,22). The van der Waals surface area contributed by atoms with E-state index in [0.29, 0.717) is 12.2 Å². The number of fused-ring (bicyclic) bond motifs is 1. The second-order valence-corrected chi connectivity index (χ2v) is 7.46. The summed E-state index contributed by atoms with van der Waals surface area (Å²) in [7, 11) is 0. The lowest BCUT2D eigenvalue weighted by molar-refractivity contribution is -0.119. The monoisotopic (exact) mass is 355 g/mol. The second-order valence-electron chi connectivity index (χ2n) is 5.21. The quantitative estimate of drug-likeness (QED) is 0.491. The van der Waals surface area contributed by atoms with Crippen LogP contribution in [0.25, 0.3) is 10.2 Å². The van der Waals surface area contributed by atoms with Gasteiger partial charge in [0, 0.05) is 6.42 Å². The predicted molar refractivity (Wildman–Crippen MR) is 101 cm³/mol. The van der Waals surface area contributed by atoms with Gasteiger partial charge in [-0.15, -0.1) is 11.3 Å². The van der Waals surface area contributed by atoms with Crippen molar-refractivity contribution in [1.29, 1.82) is 5.41 Å². The summed E-state index contributed by atoms with van der Waals surface area (Å²) in [5.74, 6) is 0.274. The number of para-hydroxylation sites is 1. The molecule has 0 aliphatic rings. The molecule has 0 bridgehead atoms. The lowest BCUT2D eigenvalue weighted by atomic mass is 10.0. The first kappa shape index (κ1) is 16.7. The van der Waals surface area contributed by atoms with Gasteiger partial charge < -0.3 is 10.7 Å². The first-order chi connectivity index (χ1) is 11.8. The van der Waals surface area contributed by atoms with Crippen molar-refractivity contribution in [2.24, 2.45) is 0 Å². The first-order valence-corrected chi connectivity index (χ1v) is 9.38. The molecule has 0 radical (unpaired) electrons. The summed E-state index contributed by atoms with van der Waals surface area (Å²) in [5.41, 5.74) is 1.98. The minimum atomic E-state index is -0.160. The van der Waals surface area contributed by atoms with Crippen LogP contribution in [0.5, 0.6) is 0 Å². The number of hydrogen-bond acceptors (Lipinski definition) is 5. The molecule has 1 unspecified atom stereocenters. The number of thiazole rings is 1. The van der Waals surface area contributed by atoms with E-state index in [1.54, 1.807) is 11.3 Å². The highest BCUT2D eigenvalue weighted by molar-refractivity contribution is 8.01. The van der Waals surface area contributed by atoms with Crippen molar-refractivity contribution < 1.29 is 4.79 Å². The summed E-state index contributed by atoms with van der Waals surface area (Å²) in [4.78, 5) is 16.8. The summed E-state index contributed by atoms with van der Waals surface area (Å²) in [6.07, 6.45) is 1.82. The number of thioether (sulfide) groups is 1. The van der Waals surface area contributed by atoms with Crippen LogP contribution >= 0.6 is 23.1 Å². The molecule has 0 saturated carbocycles. The second kappa shape index (κ2) is 8.08. The molecule has 0 saturated heterocycles. The van der Waals surface area contributed by atoms with Crippen molar-refractivity contribution in [3.8, 4) is 0 Å². The highest BCUT2D eigenvalue weighted by Gasteiger charge is 2.14. The number of nitrogens with one attached hydrogen (secondary N) is 2. The van der Waals surface area contributed by atoms with Gasteiger partial charge in [-0.05, 0) is 23.9 Å². The average molecular weight is 355 g/mol. The normalized spacial score (nSPS) is 12.0. The van der Waals surface area contributed by atoms with Gasteiger partial charge in [0.15, 0.2) is 4.34 Å². The molecule has 6 heteroatoms. The zero-order chi connectivity index (χ0) is 16.8. The van der Waals surface area contributed by atoms with E-state index in [0.717, 1.165) is 20.1 Å². The third kappa shape index (κ3) is 4.21. The van der Waals surface area contributed by atoms with Crippen LogP contribution in [0.2, 0.25) is 0 Å². The number of carbonyl (C=O) groups is 1. The molecule has 2 aromatic carbocycles. The molecule has 1 amide bonds. The molecule has 3 rings (SSSR count). The maximum absolute atomic E-state index is 12.3. The molecule has 0 aliphatic heterocycles. The Morgan fingerprint density at radius 3 is 2.71 bits per heavy atom. The van der Waals surface area contributed by atoms with Gasteiger partial charge in [-0.3, -0.25) is 4.79 Å². The fraction of sp³-hybridized carbons (Fsp3) is 0.167. The highest BCUT2D eigenvalue weighted by Crippen LogP contribution is 2.29. The maximum atomic E-state index is 12.3. The number of hydrogen-bond donors (Lipinski definition) is 2. The molecule has 2 N–H and O–H groups in total. The van der Waals surface area contributed by atoms with Gasteiger partial charge in [-0.2, -0.15) is 0 Å². The molecule has 1 aromatic heterocycles. The van der Waals surface area contributed by atoms with Gasteiger partial charge in [-0.25, -0.2) is 4.98 Å². The van der Waals surface area contributed by atoms with Gasteiger partial charge in [0.2, 0.25) is 5.91 Å². The fourth-order valence-electron chi connectivity index (χ4n) is 2.36. The Balaban J connectivity index is 1.60. The molecule has 1 atom stereocenters. The van der Waals surface area contributed by atoms with Crippen LogP contribution in [0.3, 0.4) is 0 Å². The van der Waals surface area contributed by atoms with Crippen molar-refractivity contribution in [3.63, 3.8) is 0 Å². The molecule has 0 spiro atoms. The summed E-state index contributed by atoms with van der Waals surface area (Å²) >= 11 is 3.05. The average Bonchev–Trinajstić information content (AvgIpc) is 3.03. The van der Waals surface area contributed by atoms with Crippen LogP contribution in [0, 0.1) is 5.41 Å². The van der Waals surface area contributed by atoms with E-state index in [2.05, 4.69) is 10.3 Å². The van der Waals surface area contributed by atoms with Gasteiger partial charge in [0.25, 0.3) is 0 Å². The van der Waals surface area contributed by atoms with Crippen LogP contribution in [-0.4, -0.2) is 22.9 Å². The molecule has 3 aromatic rings. The van der Waals surface area contributed by atoms with E-state index in [1.165, 1.54) is 18.0 Å². The van der Waals surface area contributed by atoms with E-state index >= 15 is 0 Å². The summed E-state index contributed by atoms with van der Waals surface area (Å²) < 4.78 is 2.03. The van der Waals surface area contributed by atoms with Crippen LogP contribution < -0.4 is 5.32 Å². The predicted octanol–water partition coefficient (Wildman–Crippen LogP) is 4.29. The van der Waals surface area contributed by atoms with E-state index < -0.39 is 0 Å². The van der Waals surface area contributed by atoms with E-state index in [1.807, 2.05) is 54.6 Å². The number of nitrogens with zero attached hydrogens (tertiary/aromatic N) is 1. The van der Waals surface area contributed by atoms with Crippen LogP contribution in [0.4, 0.5) is 0 Å². The molecular weight excluding hydrogens is 338 g/mol. The Morgan fingerprint density at radius 2 is 1.96 bits per heavy atom. The molecule has 4 nitrogen and oxygen atoms in total. The number of amides is 1. The molecule has 0 fully saturated rings. The van der Waals surface area contributed by atoms with Crippen molar-refractivity contribution in [3.05, 3.63) is 60.2 Å². The minimum Gasteiger partial charge on any atom is -0.348 e. The van der Waals surface area contributed by atoms with Crippen LogP contribution in [0.1, 0.15) is 18.0 Å². The Labute approximate surface area is 148 Å². The number of benzene rings is 2. The zero-order valence-corrected chi connectivity index (χ0v) is 14.6. The van der Waals surface area contributed by atoms with Gasteiger partial charge in [-0.1, -0.05) is 54.2 Å². The fourth-order valence-corrected chi connectivity index (χ4v) is 4.24. The molecule has 122 valence electrons. The van der Waals surface area contributed by atoms with E-state index in [-0.39, 0.29) is 11.9 Å². The zero-order valence-electron chi connectivity index (χ0n) is 12.9. The van der Waals surface area contributed by atoms with Gasteiger partial charge in [0.1, 0.15) is 0 Å². The number of aromatic nitrogens is 1. The highest BCUT2D eigenvalue weighted by atomic mass is 32.2. The van der Waals surface area contributed by atoms with Gasteiger partial charge in [0.05, 0.1) is 22.0 Å². The smallest absolute Gasteiger partial charge is 0.230 e. The lowest BCUT2D eigenvalue weighted by Gasteiger charge is -2.17. The summed E-state index contributed by atoms with van der Waals surface area (Å²) in [5, 5.41) is 10.3. The van der Waals surface area contributed by atoms with Crippen LogP contribution in [-0.2, 0) is 4.79 Å². The van der Waals surface area contributed by atoms with E-state index in [9.17, 15) is 4.79 Å². The summed E-state index contributed by atoms with van der Waals surface area (Å²) in [6.45, 7) is 0. The van der Waals surface area contributed by atoms with E-state index in [4.69, 9.17) is 5.41 Å². The minimum absolute atomic E-state index is 0.0463. The van der Waals surface area contributed by atoms with Crippen molar-refractivity contribution in [2.75, 3.05) is 5.75 Å². The van der Waals surface area contributed by atoms with Crippen LogP contribution in [0.15, 0.2) is 58.9 Å². The Hall–Kier alpha value is -2.18. The Kier molecular flexibility index (Phi) is 5.61. The van der Waals surface area contributed by atoms with Gasteiger partial charge >= 0.3 is 0 Å². The third-order valence-corrected chi connectivity index (χ3v) is 5.67. The Morgan fingerprint density at radius 1 is 1.21 bits per heavy atom. The molecular formula is C18H17N3OS2. The lowest BCUT2D eigenvalue weighted by Crippen LogP contribution is -2.30. The van der Waals surface area contributed by atoms with Crippen molar-refractivity contribution in [2.45, 2.75) is 16.8 Å². The topological polar surface area (TPSA) is 65.8 Å². The number of carbonyl (C=O) groups excluding carboxylic acids is 1. The molecule has 24 heavy (non-hydrogen) atoms. The maximum Gasteiger partial charge on any atom is 0.230 e. The first-order valence-electron chi connectivity index (χ1n) is 7.58. The number of rotatable bonds is 7. The summed E-state index contributed by atoms with van der Waals surface area (Å²) in [6, 6.07) is 17.6. The van der Waals surface area contributed by atoms with Crippen molar-refractivity contribution in [1.82, 2.24) is 10.3 Å².